The first kappa shape index (κ1) is 12.9. The van der Waals surface area contributed by atoms with Gasteiger partial charge in [-0.25, -0.2) is 4.98 Å². The van der Waals surface area contributed by atoms with Crippen LogP contribution in [0.25, 0.3) is 5.65 Å². The molecule has 0 saturated carbocycles. The molecule has 1 aliphatic heterocycles. The zero-order chi connectivity index (χ0) is 13.6. The Kier molecular flexibility index (Phi) is 3.25. The summed E-state index contributed by atoms with van der Waals surface area (Å²) in [6.07, 6.45) is 2.77. The van der Waals surface area contributed by atoms with Crippen molar-refractivity contribution in [1.29, 1.82) is 0 Å². The van der Waals surface area contributed by atoms with E-state index >= 15 is 0 Å². The van der Waals surface area contributed by atoms with Crippen LogP contribution in [0, 0.1) is 13.8 Å². The molecule has 3 rings (SSSR count). The van der Waals surface area contributed by atoms with Gasteiger partial charge in [-0.15, -0.1) is 0 Å². The number of aliphatic hydroxyl groups excluding tert-OH is 1. The highest BCUT2D eigenvalue weighted by Gasteiger charge is 2.20. The number of hydrogen-bond donors (Lipinski definition) is 1. The molecule has 0 bridgehead atoms. The summed E-state index contributed by atoms with van der Waals surface area (Å²) in [5, 5.41) is 10.3. The molecular formula is C14H18ClN3O. The number of hydrogen-bond acceptors (Lipinski definition) is 3. The summed E-state index contributed by atoms with van der Waals surface area (Å²) in [4.78, 5) is 6.73. The number of halogens is 1. The summed E-state index contributed by atoms with van der Waals surface area (Å²) >= 11 is 6.31. The lowest BCUT2D eigenvalue weighted by Gasteiger charge is -2.15. The lowest BCUT2D eigenvalue weighted by atomic mass is 10.2. The maximum atomic E-state index is 9.57. The zero-order valence-corrected chi connectivity index (χ0v) is 12.0. The SMILES string of the molecule is Cc1nc2c(Cl)cc(CN3CCC(O)C3)cn2c1C. The van der Waals surface area contributed by atoms with Crippen molar-refractivity contribution in [2.75, 3.05) is 13.1 Å². The van der Waals surface area contributed by atoms with E-state index in [2.05, 4.69) is 27.4 Å². The van der Waals surface area contributed by atoms with Crippen LogP contribution in [0.4, 0.5) is 0 Å². The van der Waals surface area contributed by atoms with Gasteiger partial charge in [-0.2, -0.15) is 0 Å². The highest BCUT2D eigenvalue weighted by atomic mass is 35.5. The van der Waals surface area contributed by atoms with Crippen LogP contribution in [0.2, 0.25) is 5.02 Å². The molecule has 0 spiro atoms. The van der Waals surface area contributed by atoms with Crippen molar-refractivity contribution >= 4 is 17.2 Å². The van der Waals surface area contributed by atoms with Gasteiger partial charge in [0.2, 0.25) is 0 Å². The fraction of sp³-hybridized carbons (Fsp3) is 0.500. The predicted molar refractivity (Wildman–Crippen MR) is 75.6 cm³/mol. The molecule has 0 aromatic carbocycles. The first-order valence-electron chi connectivity index (χ1n) is 6.58. The summed E-state index contributed by atoms with van der Waals surface area (Å²) in [7, 11) is 0. The normalized spacial score (nSPS) is 20.5. The van der Waals surface area contributed by atoms with Gasteiger partial charge in [0.25, 0.3) is 0 Å². The van der Waals surface area contributed by atoms with Gasteiger partial charge in [-0.3, -0.25) is 4.90 Å². The standard InChI is InChI=1S/C14H18ClN3O/c1-9-10(2)18-7-11(5-13(15)14(18)16-9)6-17-4-3-12(19)8-17/h5,7,12,19H,3-4,6,8H2,1-2H3. The Hall–Kier alpha value is -1.10. The summed E-state index contributed by atoms with van der Waals surface area (Å²) in [6.45, 7) is 6.56. The highest BCUT2D eigenvalue weighted by molar-refractivity contribution is 6.33. The van der Waals surface area contributed by atoms with Crippen molar-refractivity contribution in [1.82, 2.24) is 14.3 Å². The third-order valence-corrected chi connectivity index (χ3v) is 4.14. The van der Waals surface area contributed by atoms with Gasteiger partial charge in [0, 0.05) is 31.5 Å². The molecule has 4 nitrogen and oxygen atoms in total. The first-order chi connectivity index (χ1) is 9.04. The van der Waals surface area contributed by atoms with E-state index in [1.165, 1.54) is 0 Å². The molecule has 5 heteroatoms. The average molecular weight is 280 g/mol. The van der Waals surface area contributed by atoms with Gasteiger partial charge in [0.15, 0.2) is 5.65 Å². The maximum Gasteiger partial charge on any atom is 0.156 e. The van der Waals surface area contributed by atoms with Crippen LogP contribution in [0.5, 0.6) is 0 Å². The number of rotatable bonds is 2. The zero-order valence-electron chi connectivity index (χ0n) is 11.2. The fourth-order valence-corrected chi connectivity index (χ4v) is 2.96. The van der Waals surface area contributed by atoms with E-state index in [9.17, 15) is 5.11 Å². The number of imidazole rings is 1. The molecule has 0 radical (unpaired) electrons. The Balaban J connectivity index is 1.94. The Bertz CT molecular complexity index is 623. The molecule has 1 aliphatic rings. The van der Waals surface area contributed by atoms with Crippen LogP contribution in [0.1, 0.15) is 23.4 Å². The molecule has 1 atom stereocenters. The van der Waals surface area contributed by atoms with Crippen LogP contribution < -0.4 is 0 Å². The summed E-state index contributed by atoms with van der Waals surface area (Å²) < 4.78 is 2.06. The maximum absolute atomic E-state index is 9.57. The number of aromatic nitrogens is 2. The second-order valence-electron chi connectivity index (χ2n) is 5.35. The second-order valence-corrected chi connectivity index (χ2v) is 5.76. The van der Waals surface area contributed by atoms with Crippen LogP contribution >= 0.6 is 11.6 Å². The van der Waals surface area contributed by atoms with E-state index in [1.54, 1.807) is 0 Å². The molecular weight excluding hydrogens is 262 g/mol. The van der Waals surface area contributed by atoms with Gasteiger partial charge in [0.1, 0.15) is 0 Å². The molecule has 1 saturated heterocycles. The number of aliphatic hydroxyl groups is 1. The van der Waals surface area contributed by atoms with E-state index in [4.69, 9.17) is 11.6 Å². The molecule has 0 aliphatic carbocycles. The molecule has 102 valence electrons. The summed E-state index contributed by atoms with van der Waals surface area (Å²) in [5.74, 6) is 0. The van der Waals surface area contributed by atoms with Gasteiger partial charge < -0.3 is 9.51 Å². The highest BCUT2D eigenvalue weighted by Crippen LogP contribution is 2.23. The van der Waals surface area contributed by atoms with E-state index < -0.39 is 0 Å². The minimum absolute atomic E-state index is 0.184. The van der Waals surface area contributed by atoms with Crippen molar-refractivity contribution in [3.05, 3.63) is 34.2 Å². The van der Waals surface area contributed by atoms with E-state index in [0.717, 1.165) is 48.7 Å². The smallest absolute Gasteiger partial charge is 0.156 e. The molecule has 1 fully saturated rings. The number of likely N-dealkylation sites (tertiary alicyclic amines) is 1. The number of nitrogens with zero attached hydrogens (tertiary/aromatic N) is 3. The molecule has 19 heavy (non-hydrogen) atoms. The van der Waals surface area contributed by atoms with Crippen molar-refractivity contribution in [2.24, 2.45) is 0 Å². The molecule has 3 heterocycles. The van der Waals surface area contributed by atoms with Crippen molar-refractivity contribution in [3.63, 3.8) is 0 Å². The van der Waals surface area contributed by atoms with Gasteiger partial charge >= 0.3 is 0 Å². The summed E-state index contributed by atoms with van der Waals surface area (Å²) in [5.41, 5.74) is 4.12. The van der Waals surface area contributed by atoms with Crippen molar-refractivity contribution in [3.8, 4) is 0 Å². The lowest BCUT2D eigenvalue weighted by molar-refractivity contribution is 0.174. The van der Waals surface area contributed by atoms with Crippen molar-refractivity contribution < 1.29 is 5.11 Å². The minimum Gasteiger partial charge on any atom is -0.392 e. The van der Waals surface area contributed by atoms with Crippen LogP contribution in [0.15, 0.2) is 12.3 Å². The van der Waals surface area contributed by atoms with Crippen molar-refractivity contribution in [2.45, 2.75) is 32.9 Å². The molecule has 0 amide bonds. The number of aryl methyl sites for hydroxylation is 2. The molecule has 2 aromatic rings. The second kappa shape index (κ2) is 4.78. The Morgan fingerprint density at radius 3 is 2.95 bits per heavy atom. The number of β-amino-alcohol motifs (C(OH)–C–C–N with tert-alkyl or cyclic N) is 1. The quantitative estimate of drug-likeness (QED) is 0.916. The van der Waals surface area contributed by atoms with E-state index in [-0.39, 0.29) is 6.10 Å². The lowest BCUT2D eigenvalue weighted by Crippen LogP contribution is -2.21. The van der Waals surface area contributed by atoms with Crippen LogP contribution in [-0.2, 0) is 6.54 Å². The van der Waals surface area contributed by atoms with Gasteiger partial charge in [0.05, 0.1) is 16.8 Å². The largest absolute Gasteiger partial charge is 0.392 e. The van der Waals surface area contributed by atoms with Crippen LogP contribution in [0.3, 0.4) is 0 Å². The van der Waals surface area contributed by atoms with E-state index in [1.807, 2.05) is 13.0 Å². The fourth-order valence-electron chi connectivity index (χ4n) is 2.68. The van der Waals surface area contributed by atoms with Crippen LogP contribution in [-0.4, -0.2) is 38.6 Å². The Morgan fingerprint density at radius 1 is 1.47 bits per heavy atom. The topological polar surface area (TPSA) is 40.8 Å². The Morgan fingerprint density at radius 2 is 2.26 bits per heavy atom. The van der Waals surface area contributed by atoms with Gasteiger partial charge in [-0.05, 0) is 31.9 Å². The number of pyridine rings is 1. The molecule has 2 aromatic heterocycles. The van der Waals surface area contributed by atoms with Gasteiger partial charge in [-0.1, -0.05) is 11.6 Å². The predicted octanol–water partition coefficient (Wildman–Crippen LogP) is 2.17. The third kappa shape index (κ3) is 2.36. The van der Waals surface area contributed by atoms with E-state index in [0.29, 0.717) is 5.02 Å². The Labute approximate surface area is 117 Å². The minimum atomic E-state index is -0.184. The summed E-state index contributed by atoms with van der Waals surface area (Å²) in [6, 6.07) is 1.98. The monoisotopic (exact) mass is 279 g/mol. The first-order valence-corrected chi connectivity index (χ1v) is 6.96. The molecule has 1 unspecified atom stereocenters. The average Bonchev–Trinajstić information content (AvgIpc) is 2.87. The number of fused-ring (bicyclic) bond motifs is 1. The molecule has 1 N–H and O–H groups in total. The third-order valence-electron chi connectivity index (χ3n) is 3.86.